The third kappa shape index (κ3) is 4.77. The van der Waals surface area contributed by atoms with Gasteiger partial charge in [-0.3, -0.25) is 4.99 Å². The van der Waals surface area contributed by atoms with Crippen molar-refractivity contribution in [3.63, 3.8) is 0 Å². The average Bonchev–Trinajstić information content (AvgIpc) is 3.94. The summed E-state index contributed by atoms with van der Waals surface area (Å²) in [4.78, 5) is 7.15. The number of benzene rings is 8. The Morgan fingerprint density at radius 1 is 0.466 bits per heavy atom. The fourth-order valence-electron chi connectivity index (χ4n) is 10.1. The molecule has 5 heteroatoms. The molecular formula is C53H37N3OSi. The fourth-order valence-corrected chi connectivity index (χ4v) is 14.9. The van der Waals surface area contributed by atoms with Gasteiger partial charge in [-0.25, -0.2) is 0 Å². The molecule has 0 saturated carbocycles. The van der Waals surface area contributed by atoms with Crippen LogP contribution < -0.4 is 25.6 Å². The van der Waals surface area contributed by atoms with Crippen molar-refractivity contribution in [2.24, 2.45) is 4.99 Å². The van der Waals surface area contributed by atoms with Gasteiger partial charge in [-0.15, -0.1) is 0 Å². The van der Waals surface area contributed by atoms with E-state index in [-0.39, 0.29) is 12.0 Å². The first-order chi connectivity index (χ1) is 28.8. The maximum absolute atomic E-state index is 6.41. The molecule has 12 rings (SSSR count). The summed E-state index contributed by atoms with van der Waals surface area (Å²) in [6.45, 7) is 0. The van der Waals surface area contributed by atoms with E-state index in [1.54, 1.807) is 0 Å². The molecule has 0 spiro atoms. The second kappa shape index (κ2) is 12.9. The van der Waals surface area contributed by atoms with Crippen LogP contribution in [-0.4, -0.2) is 24.9 Å². The minimum Gasteiger partial charge on any atom is -0.456 e. The number of aliphatic imine (C=N–C) groups is 1. The number of furan rings is 1. The molecule has 4 heterocycles. The van der Waals surface area contributed by atoms with Gasteiger partial charge < -0.3 is 13.9 Å². The predicted molar refractivity (Wildman–Crippen MR) is 244 cm³/mol. The molecule has 0 amide bonds. The van der Waals surface area contributed by atoms with Crippen LogP contribution in [0.2, 0.25) is 0 Å². The van der Waals surface area contributed by atoms with E-state index in [4.69, 9.17) is 4.42 Å². The third-order valence-electron chi connectivity index (χ3n) is 12.5. The van der Waals surface area contributed by atoms with Gasteiger partial charge in [0.25, 0.3) is 0 Å². The molecule has 4 nitrogen and oxygen atoms in total. The highest BCUT2D eigenvalue weighted by molar-refractivity contribution is 7.20. The monoisotopic (exact) mass is 759 g/mol. The SMILES string of the molecule is C1=CC2c3ccccc3N(c3cccc([Si](c4ccccc4)(c4ccccc4)c4cccc(-n5c6ccccc6c6cc7oc8ccccc8c7cc65)c4)c3)C2C=N1. The number of nitrogens with zero attached hydrogens (tertiary/aromatic N) is 3. The maximum Gasteiger partial charge on any atom is 0.179 e. The van der Waals surface area contributed by atoms with E-state index in [1.807, 2.05) is 12.3 Å². The van der Waals surface area contributed by atoms with E-state index in [9.17, 15) is 0 Å². The van der Waals surface area contributed by atoms with Crippen LogP contribution in [0.5, 0.6) is 0 Å². The molecule has 8 aromatic carbocycles. The van der Waals surface area contributed by atoms with Crippen molar-refractivity contribution in [3.05, 3.63) is 212 Å². The number of rotatable bonds is 6. The lowest BCUT2D eigenvalue weighted by atomic mass is 9.94. The van der Waals surface area contributed by atoms with Crippen molar-refractivity contribution in [1.29, 1.82) is 0 Å². The zero-order valence-corrected chi connectivity index (χ0v) is 32.6. The summed E-state index contributed by atoms with van der Waals surface area (Å²) in [5, 5.41) is 9.98. The van der Waals surface area contributed by atoms with E-state index in [2.05, 4.69) is 215 Å². The summed E-state index contributed by atoms with van der Waals surface area (Å²) >= 11 is 0. The van der Waals surface area contributed by atoms with Gasteiger partial charge in [-0.1, -0.05) is 146 Å². The number of hydrogen-bond acceptors (Lipinski definition) is 3. The molecule has 58 heavy (non-hydrogen) atoms. The zero-order valence-electron chi connectivity index (χ0n) is 31.6. The van der Waals surface area contributed by atoms with Crippen LogP contribution >= 0.6 is 0 Å². The Bertz CT molecular complexity index is 3230. The number of anilines is 2. The van der Waals surface area contributed by atoms with Crippen molar-refractivity contribution < 1.29 is 4.42 Å². The van der Waals surface area contributed by atoms with Crippen LogP contribution in [0, 0.1) is 0 Å². The second-order valence-corrected chi connectivity index (χ2v) is 19.3. The highest BCUT2D eigenvalue weighted by Crippen LogP contribution is 2.46. The van der Waals surface area contributed by atoms with Gasteiger partial charge in [0, 0.05) is 56.9 Å². The van der Waals surface area contributed by atoms with Crippen molar-refractivity contribution in [3.8, 4) is 5.69 Å². The van der Waals surface area contributed by atoms with E-state index in [0.29, 0.717) is 0 Å². The van der Waals surface area contributed by atoms with Gasteiger partial charge in [0.05, 0.1) is 17.1 Å². The first kappa shape index (κ1) is 33.0. The minimum absolute atomic E-state index is 0.111. The summed E-state index contributed by atoms with van der Waals surface area (Å²) < 4.78 is 8.87. The molecule has 274 valence electrons. The highest BCUT2D eigenvalue weighted by atomic mass is 28.3. The average molecular weight is 760 g/mol. The third-order valence-corrected chi connectivity index (χ3v) is 17.3. The molecular weight excluding hydrogens is 723 g/mol. The summed E-state index contributed by atoms with van der Waals surface area (Å²) in [5.74, 6) is 0.256. The molecule has 10 aromatic rings. The standard InChI is InChI=1S/C53H37N3OSi/c1-3-17-38(18-4-1)58(39-19-5-2-6-20-39,41-22-14-16-37(32-41)56-48-26-10-7-23-42(48)44-29-30-54-35-51(44)56)40-21-13-15-36(31-40)55-49-27-11-8-24-43(49)46-34-53-47(33-50(46)55)45-25-9-12-28-52(45)57-53/h1-35,44,51H. The quantitative estimate of drug-likeness (QED) is 0.125. The molecule has 2 aliphatic rings. The van der Waals surface area contributed by atoms with E-state index < -0.39 is 8.07 Å². The summed E-state index contributed by atoms with van der Waals surface area (Å²) in [6, 6.07) is 71.9. The smallest absolute Gasteiger partial charge is 0.179 e. The van der Waals surface area contributed by atoms with E-state index in [1.165, 1.54) is 54.0 Å². The first-order valence-electron chi connectivity index (χ1n) is 20.0. The Morgan fingerprint density at radius 2 is 1.10 bits per heavy atom. The van der Waals surface area contributed by atoms with Crippen molar-refractivity contribution in [2.45, 2.75) is 12.0 Å². The predicted octanol–water partition coefficient (Wildman–Crippen LogP) is 10.3. The first-order valence-corrected chi connectivity index (χ1v) is 22.0. The molecule has 2 atom stereocenters. The van der Waals surface area contributed by atoms with Crippen LogP contribution in [0.15, 0.2) is 216 Å². The van der Waals surface area contributed by atoms with Crippen LogP contribution in [0.25, 0.3) is 49.4 Å². The van der Waals surface area contributed by atoms with Crippen molar-refractivity contribution in [2.75, 3.05) is 4.90 Å². The highest BCUT2D eigenvalue weighted by Gasteiger charge is 2.43. The molecule has 0 aliphatic carbocycles. The minimum atomic E-state index is -2.97. The Kier molecular flexibility index (Phi) is 7.34. The molecule has 0 radical (unpaired) electrons. The summed E-state index contributed by atoms with van der Waals surface area (Å²) in [7, 11) is -2.97. The Morgan fingerprint density at radius 3 is 1.90 bits per heavy atom. The van der Waals surface area contributed by atoms with Crippen molar-refractivity contribution in [1.82, 2.24) is 4.57 Å². The zero-order chi connectivity index (χ0) is 38.2. The van der Waals surface area contributed by atoms with Gasteiger partial charge in [0.15, 0.2) is 8.07 Å². The van der Waals surface area contributed by atoms with Crippen LogP contribution in [-0.2, 0) is 0 Å². The lowest BCUT2D eigenvalue weighted by molar-refractivity contribution is 0.669. The molecule has 2 aromatic heterocycles. The van der Waals surface area contributed by atoms with Gasteiger partial charge in [0.2, 0.25) is 0 Å². The van der Waals surface area contributed by atoms with Crippen LogP contribution in [0.1, 0.15) is 11.5 Å². The normalized spacial score (nSPS) is 16.1. The molecule has 0 N–H and O–H groups in total. The van der Waals surface area contributed by atoms with Crippen LogP contribution in [0.3, 0.4) is 0 Å². The van der Waals surface area contributed by atoms with E-state index >= 15 is 0 Å². The van der Waals surface area contributed by atoms with Gasteiger partial charge in [-0.2, -0.15) is 0 Å². The van der Waals surface area contributed by atoms with Gasteiger partial charge in [-0.05, 0) is 80.9 Å². The second-order valence-electron chi connectivity index (χ2n) is 15.5. The summed E-state index contributed by atoms with van der Waals surface area (Å²) in [5.41, 5.74) is 9.05. The largest absolute Gasteiger partial charge is 0.456 e. The lowest BCUT2D eigenvalue weighted by Crippen LogP contribution is -2.74. The number of para-hydroxylation sites is 3. The Hall–Kier alpha value is -7.21. The lowest BCUT2D eigenvalue weighted by Gasteiger charge is -2.36. The molecule has 0 saturated heterocycles. The fraction of sp³-hybridized carbons (Fsp3) is 0.0377. The van der Waals surface area contributed by atoms with E-state index in [0.717, 1.165) is 33.1 Å². The Labute approximate surface area is 337 Å². The van der Waals surface area contributed by atoms with Gasteiger partial charge in [0.1, 0.15) is 11.2 Å². The molecule has 0 fully saturated rings. The summed E-state index contributed by atoms with van der Waals surface area (Å²) in [6.07, 6.45) is 6.32. The number of hydrogen-bond donors (Lipinski definition) is 0. The van der Waals surface area contributed by atoms with Gasteiger partial charge >= 0.3 is 0 Å². The van der Waals surface area contributed by atoms with Crippen LogP contribution in [0.4, 0.5) is 11.4 Å². The Balaban J connectivity index is 1.12. The molecule has 2 aliphatic heterocycles. The van der Waals surface area contributed by atoms with Crippen molar-refractivity contribution >= 4 is 90.2 Å². The number of aromatic nitrogens is 1. The number of fused-ring (bicyclic) bond motifs is 9. The maximum atomic E-state index is 6.41. The topological polar surface area (TPSA) is 33.7 Å². The molecule has 0 bridgehead atoms. The molecule has 2 unspecified atom stereocenters.